The molecule has 0 radical (unpaired) electrons. The second-order valence-electron chi connectivity index (χ2n) is 2.53. The summed E-state index contributed by atoms with van der Waals surface area (Å²) in [5, 5.41) is 26.0. The van der Waals surface area contributed by atoms with Crippen LogP contribution in [0.25, 0.3) is 0 Å². The van der Waals surface area contributed by atoms with Gasteiger partial charge in [-0.2, -0.15) is 0 Å². The molecule has 0 bridgehead atoms. The van der Waals surface area contributed by atoms with Crippen LogP contribution in [0.1, 0.15) is 13.3 Å². The van der Waals surface area contributed by atoms with Gasteiger partial charge in [-0.1, -0.05) is 6.92 Å². The van der Waals surface area contributed by atoms with E-state index in [4.69, 9.17) is 15.3 Å². The highest BCUT2D eigenvalue weighted by atomic mass is 16.4. The molecular formula is C7H15NO4. The van der Waals surface area contributed by atoms with Gasteiger partial charge >= 0.3 is 5.97 Å². The lowest BCUT2D eigenvalue weighted by Crippen LogP contribution is -2.41. The molecule has 1 atom stereocenters. The molecule has 0 rings (SSSR count). The van der Waals surface area contributed by atoms with E-state index >= 15 is 0 Å². The number of rotatable bonds is 6. The Morgan fingerprint density at radius 1 is 1.50 bits per heavy atom. The topological polar surface area (TPSA) is 81.0 Å². The summed E-state index contributed by atoms with van der Waals surface area (Å²) >= 11 is 0. The number of aliphatic hydroxyl groups excluding tert-OH is 2. The molecule has 5 heteroatoms. The third-order valence-electron chi connectivity index (χ3n) is 1.72. The van der Waals surface area contributed by atoms with Crippen LogP contribution < -0.4 is 0 Å². The average Bonchev–Trinajstić information content (AvgIpc) is 2.04. The number of aliphatic hydroxyl groups is 2. The largest absolute Gasteiger partial charge is 0.480 e. The number of hydrogen-bond acceptors (Lipinski definition) is 4. The third kappa shape index (κ3) is 3.66. The van der Waals surface area contributed by atoms with Crippen LogP contribution in [0, 0.1) is 0 Å². The standard InChI is InChI=1S/C7H15NO4/c1-2-6(4-9)8(5-10)3-7(11)12/h6,9-10H,2-5H2,1H3,(H,11,12). The number of nitrogens with zero attached hydrogens (tertiary/aromatic N) is 1. The maximum absolute atomic E-state index is 10.3. The van der Waals surface area contributed by atoms with Gasteiger partial charge in [-0.3, -0.25) is 9.69 Å². The van der Waals surface area contributed by atoms with E-state index in [1.165, 1.54) is 4.90 Å². The van der Waals surface area contributed by atoms with Gasteiger partial charge < -0.3 is 15.3 Å². The number of aliphatic carboxylic acids is 1. The molecule has 3 N–H and O–H groups in total. The Hall–Kier alpha value is -0.650. The van der Waals surface area contributed by atoms with Crippen LogP contribution in [0.5, 0.6) is 0 Å². The Bertz CT molecular complexity index is 135. The fraction of sp³-hybridized carbons (Fsp3) is 0.857. The van der Waals surface area contributed by atoms with Crippen molar-refractivity contribution in [3.8, 4) is 0 Å². The summed E-state index contributed by atoms with van der Waals surface area (Å²) in [6.45, 7) is 1.11. The Morgan fingerprint density at radius 2 is 2.08 bits per heavy atom. The van der Waals surface area contributed by atoms with Crippen molar-refractivity contribution < 1.29 is 20.1 Å². The van der Waals surface area contributed by atoms with Gasteiger partial charge in [-0.25, -0.2) is 0 Å². The maximum atomic E-state index is 10.3. The molecule has 0 aliphatic heterocycles. The van der Waals surface area contributed by atoms with Crippen LogP contribution >= 0.6 is 0 Å². The van der Waals surface area contributed by atoms with Crippen molar-refractivity contribution in [2.45, 2.75) is 19.4 Å². The van der Waals surface area contributed by atoms with Crippen molar-refractivity contribution in [2.75, 3.05) is 19.9 Å². The van der Waals surface area contributed by atoms with E-state index in [0.717, 1.165) is 0 Å². The second-order valence-corrected chi connectivity index (χ2v) is 2.53. The van der Waals surface area contributed by atoms with Gasteiger partial charge in [0.05, 0.1) is 19.9 Å². The average molecular weight is 177 g/mol. The minimum Gasteiger partial charge on any atom is -0.480 e. The maximum Gasteiger partial charge on any atom is 0.317 e. The molecule has 0 aliphatic rings. The van der Waals surface area contributed by atoms with E-state index in [1.54, 1.807) is 0 Å². The van der Waals surface area contributed by atoms with Gasteiger partial charge in [0.2, 0.25) is 0 Å². The fourth-order valence-electron chi connectivity index (χ4n) is 0.971. The van der Waals surface area contributed by atoms with Crippen LogP contribution in [-0.2, 0) is 4.79 Å². The van der Waals surface area contributed by atoms with Gasteiger partial charge in [0.25, 0.3) is 0 Å². The highest BCUT2D eigenvalue weighted by Gasteiger charge is 2.17. The molecule has 0 fully saturated rings. The molecule has 0 amide bonds. The van der Waals surface area contributed by atoms with Gasteiger partial charge in [-0.15, -0.1) is 0 Å². The van der Waals surface area contributed by atoms with E-state index < -0.39 is 5.97 Å². The van der Waals surface area contributed by atoms with E-state index in [2.05, 4.69) is 0 Å². The normalized spacial score (nSPS) is 13.3. The quantitative estimate of drug-likeness (QED) is 0.458. The van der Waals surface area contributed by atoms with Crippen molar-refractivity contribution in [2.24, 2.45) is 0 Å². The first-order chi connectivity index (χ1) is 5.65. The first-order valence-electron chi connectivity index (χ1n) is 3.83. The zero-order valence-corrected chi connectivity index (χ0v) is 7.10. The van der Waals surface area contributed by atoms with E-state index in [9.17, 15) is 4.79 Å². The van der Waals surface area contributed by atoms with Crippen LogP contribution in [0.2, 0.25) is 0 Å². The molecule has 12 heavy (non-hydrogen) atoms. The number of carbonyl (C=O) groups is 1. The molecule has 0 heterocycles. The van der Waals surface area contributed by atoms with Crippen molar-refractivity contribution >= 4 is 5.97 Å². The van der Waals surface area contributed by atoms with Crippen molar-refractivity contribution in [3.63, 3.8) is 0 Å². The zero-order valence-electron chi connectivity index (χ0n) is 7.10. The first-order valence-corrected chi connectivity index (χ1v) is 3.83. The minimum atomic E-state index is -1.00. The highest BCUT2D eigenvalue weighted by molar-refractivity contribution is 5.69. The van der Waals surface area contributed by atoms with E-state index in [1.807, 2.05) is 6.92 Å². The monoisotopic (exact) mass is 177 g/mol. The Balaban J connectivity index is 4.01. The Kier molecular flexibility index (Phi) is 5.61. The smallest absolute Gasteiger partial charge is 0.317 e. The van der Waals surface area contributed by atoms with Crippen LogP contribution in [-0.4, -0.2) is 52.1 Å². The molecule has 0 aromatic carbocycles. The van der Waals surface area contributed by atoms with Crippen molar-refractivity contribution in [1.82, 2.24) is 4.90 Å². The van der Waals surface area contributed by atoms with Crippen molar-refractivity contribution in [3.05, 3.63) is 0 Å². The summed E-state index contributed by atoms with van der Waals surface area (Å²) in [7, 11) is 0. The lowest BCUT2D eigenvalue weighted by atomic mass is 10.2. The first kappa shape index (κ1) is 11.4. The van der Waals surface area contributed by atoms with Gasteiger partial charge in [-0.05, 0) is 6.42 Å². The predicted molar refractivity (Wildman–Crippen MR) is 42.6 cm³/mol. The second kappa shape index (κ2) is 5.93. The molecule has 0 saturated carbocycles. The summed E-state index contributed by atoms with van der Waals surface area (Å²) < 4.78 is 0. The molecule has 72 valence electrons. The van der Waals surface area contributed by atoms with Gasteiger partial charge in [0.1, 0.15) is 0 Å². The fourth-order valence-corrected chi connectivity index (χ4v) is 0.971. The summed E-state index contributed by atoms with van der Waals surface area (Å²) in [4.78, 5) is 11.6. The SMILES string of the molecule is CCC(CO)N(CO)CC(=O)O. The molecule has 0 aromatic rings. The van der Waals surface area contributed by atoms with Gasteiger partial charge in [0.15, 0.2) is 0 Å². The lowest BCUT2D eigenvalue weighted by molar-refractivity contribution is -0.140. The molecule has 1 unspecified atom stereocenters. The van der Waals surface area contributed by atoms with Crippen molar-refractivity contribution in [1.29, 1.82) is 0 Å². The molecule has 0 saturated heterocycles. The summed E-state index contributed by atoms with van der Waals surface area (Å²) in [6, 6.07) is -0.272. The van der Waals surface area contributed by atoms with Crippen LogP contribution in [0.15, 0.2) is 0 Å². The van der Waals surface area contributed by atoms with Crippen LogP contribution in [0.4, 0.5) is 0 Å². The predicted octanol–water partition coefficient (Wildman–Crippen LogP) is -0.906. The minimum absolute atomic E-state index is 0.135. The van der Waals surface area contributed by atoms with E-state index in [0.29, 0.717) is 6.42 Å². The molecule has 0 spiro atoms. The summed E-state index contributed by atoms with van der Waals surface area (Å²) in [5.41, 5.74) is 0. The van der Waals surface area contributed by atoms with Crippen LogP contribution in [0.3, 0.4) is 0 Å². The van der Waals surface area contributed by atoms with Gasteiger partial charge in [0, 0.05) is 6.04 Å². The molecular weight excluding hydrogens is 162 g/mol. The number of carboxylic acid groups (broad SMARTS) is 1. The molecule has 0 aliphatic carbocycles. The number of carboxylic acids is 1. The Labute approximate surface area is 71.2 Å². The Morgan fingerprint density at radius 3 is 2.33 bits per heavy atom. The highest BCUT2D eigenvalue weighted by Crippen LogP contribution is 2.01. The third-order valence-corrected chi connectivity index (χ3v) is 1.72. The molecule has 5 nitrogen and oxygen atoms in total. The van der Waals surface area contributed by atoms with E-state index in [-0.39, 0.29) is 25.9 Å². The lowest BCUT2D eigenvalue weighted by Gasteiger charge is -2.25. The number of hydrogen-bond donors (Lipinski definition) is 3. The molecule has 0 aromatic heterocycles. The summed E-state index contributed by atoms with van der Waals surface area (Å²) in [5.74, 6) is -1.00. The summed E-state index contributed by atoms with van der Waals surface area (Å²) in [6.07, 6.45) is 0.615. The zero-order chi connectivity index (χ0) is 9.56.